The minimum absolute atomic E-state index is 0.0675. The molecule has 0 unspecified atom stereocenters. The molecule has 0 aliphatic rings. The van der Waals surface area contributed by atoms with Crippen LogP contribution in [0.15, 0.2) is 41.7 Å². The van der Waals surface area contributed by atoms with Gasteiger partial charge in [-0.1, -0.05) is 17.3 Å². The SMILES string of the molecule is COc1ccccc1N(C)c1nccc(/C(N)=N/O)n1. The second-order valence-electron chi connectivity index (χ2n) is 3.96. The van der Waals surface area contributed by atoms with Crippen LogP contribution in [-0.4, -0.2) is 35.2 Å². The number of anilines is 2. The van der Waals surface area contributed by atoms with Crippen LogP contribution in [0.2, 0.25) is 0 Å². The number of amidine groups is 1. The summed E-state index contributed by atoms with van der Waals surface area (Å²) in [5.41, 5.74) is 6.68. The van der Waals surface area contributed by atoms with Crippen LogP contribution in [0.5, 0.6) is 5.75 Å². The molecule has 1 aromatic carbocycles. The second kappa shape index (κ2) is 5.87. The fraction of sp³-hybridized carbons (Fsp3) is 0.154. The molecule has 20 heavy (non-hydrogen) atoms. The molecule has 0 amide bonds. The number of nitrogens with zero attached hydrogens (tertiary/aromatic N) is 4. The fourth-order valence-corrected chi connectivity index (χ4v) is 1.72. The topological polar surface area (TPSA) is 96.9 Å². The average Bonchev–Trinajstić information content (AvgIpc) is 2.53. The van der Waals surface area contributed by atoms with Crippen molar-refractivity contribution in [1.82, 2.24) is 9.97 Å². The first-order valence-electron chi connectivity index (χ1n) is 5.85. The lowest BCUT2D eigenvalue weighted by Crippen LogP contribution is -2.19. The van der Waals surface area contributed by atoms with Gasteiger partial charge >= 0.3 is 0 Å². The molecule has 2 aromatic rings. The predicted molar refractivity (Wildman–Crippen MR) is 75.6 cm³/mol. The molecule has 0 saturated heterocycles. The summed E-state index contributed by atoms with van der Waals surface area (Å²) in [6.45, 7) is 0. The van der Waals surface area contributed by atoms with E-state index in [-0.39, 0.29) is 5.84 Å². The van der Waals surface area contributed by atoms with E-state index in [4.69, 9.17) is 15.7 Å². The van der Waals surface area contributed by atoms with E-state index in [9.17, 15) is 0 Å². The summed E-state index contributed by atoms with van der Waals surface area (Å²) in [6.07, 6.45) is 1.54. The zero-order valence-corrected chi connectivity index (χ0v) is 11.2. The maximum absolute atomic E-state index is 8.69. The summed E-state index contributed by atoms with van der Waals surface area (Å²) in [5.74, 6) is 1.05. The van der Waals surface area contributed by atoms with Gasteiger partial charge in [0, 0.05) is 13.2 Å². The highest BCUT2D eigenvalue weighted by Crippen LogP contribution is 2.30. The molecule has 0 fully saturated rings. The second-order valence-corrected chi connectivity index (χ2v) is 3.96. The van der Waals surface area contributed by atoms with E-state index in [1.165, 1.54) is 0 Å². The number of methoxy groups -OCH3 is 1. The molecule has 0 bridgehead atoms. The van der Waals surface area contributed by atoms with Gasteiger partial charge in [0.2, 0.25) is 5.95 Å². The van der Waals surface area contributed by atoms with Crippen molar-refractivity contribution in [2.24, 2.45) is 10.9 Å². The number of ether oxygens (including phenoxy) is 1. The Labute approximate surface area is 116 Å². The van der Waals surface area contributed by atoms with E-state index in [0.717, 1.165) is 5.69 Å². The molecular formula is C13H15N5O2. The van der Waals surface area contributed by atoms with Crippen molar-refractivity contribution in [2.45, 2.75) is 0 Å². The molecule has 1 heterocycles. The molecule has 1 aromatic heterocycles. The van der Waals surface area contributed by atoms with Crippen LogP contribution in [0.4, 0.5) is 11.6 Å². The van der Waals surface area contributed by atoms with Gasteiger partial charge < -0.3 is 20.6 Å². The Bertz CT molecular complexity index is 630. The number of benzene rings is 1. The number of para-hydroxylation sites is 2. The molecule has 104 valence electrons. The van der Waals surface area contributed by atoms with E-state index < -0.39 is 0 Å². The molecular weight excluding hydrogens is 258 g/mol. The molecule has 2 rings (SSSR count). The van der Waals surface area contributed by atoms with E-state index in [2.05, 4.69) is 15.1 Å². The lowest BCUT2D eigenvalue weighted by Gasteiger charge is -2.19. The maximum atomic E-state index is 8.69. The third-order valence-electron chi connectivity index (χ3n) is 2.76. The minimum atomic E-state index is -0.0675. The zero-order chi connectivity index (χ0) is 14.5. The number of rotatable bonds is 4. The molecule has 7 nitrogen and oxygen atoms in total. The first-order chi connectivity index (χ1) is 9.67. The number of nitrogens with two attached hydrogens (primary N) is 1. The van der Waals surface area contributed by atoms with Crippen LogP contribution in [-0.2, 0) is 0 Å². The molecule has 3 N–H and O–H groups in total. The predicted octanol–water partition coefficient (Wildman–Crippen LogP) is 1.35. The molecule has 0 spiro atoms. The monoisotopic (exact) mass is 273 g/mol. The Morgan fingerprint density at radius 2 is 2.10 bits per heavy atom. The molecule has 0 aliphatic heterocycles. The Kier molecular flexibility index (Phi) is 3.99. The van der Waals surface area contributed by atoms with Gasteiger partial charge in [0.05, 0.1) is 12.8 Å². The standard InChI is InChI=1S/C13H15N5O2/c1-18(10-5-3-4-6-11(10)20-2)13-15-8-7-9(16-13)12(14)17-19/h3-8,19H,1-2H3,(H2,14,17). The van der Waals surface area contributed by atoms with Crippen molar-refractivity contribution < 1.29 is 9.94 Å². The van der Waals surface area contributed by atoms with Gasteiger partial charge in [-0.15, -0.1) is 0 Å². The van der Waals surface area contributed by atoms with Crippen LogP contribution in [0.25, 0.3) is 0 Å². The third-order valence-corrected chi connectivity index (χ3v) is 2.76. The molecule has 0 atom stereocenters. The Morgan fingerprint density at radius 1 is 1.35 bits per heavy atom. The number of hydrogen-bond acceptors (Lipinski definition) is 6. The first-order valence-corrected chi connectivity index (χ1v) is 5.85. The van der Waals surface area contributed by atoms with E-state index in [1.807, 2.05) is 31.3 Å². The Hall–Kier alpha value is -2.83. The van der Waals surface area contributed by atoms with Crippen LogP contribution >= 0.6 is 0 Å². The Morgan fingerprint density at radius 3 is 2.80 bits per heavy atom. The molecule has 0 saturated carbocycles. The van der Waals surface area contributed by atoms with Crippen LogP contribution in [0.3, 0.4) is 0 Å². The first kappa shape index (κ1) is 13.6. The molecule has 0 radical (unpaired) electrons. The van der Waals surface area contributed by atoms with Crippen molar-refractivity contribution >= 4 is 17.5 Å². The summed E-state index contributed by atoms with van der Waals surface area (Å²) < 4.78 is 5.30. The van der Waals surface area contributed by atoms with Crippen molar-refractivity contribution in [3.8, 4) is 5.75 Å². The highest BCUT2D eigenvalue weighted by atomic mass is 16.5. The van der Waals surface area contributed by atoms with Crippen LogP contribution < -0.4 is 15.4 Å². The molecule has 7 heteroatoms. The average molecular weight is 273 g/mol. The summed E-state index contributed by atoms with van der Waals surface area (Å²) in [6, 6.07) is 9.07. The van der Waals surface area contributed by atoms with Crippen LogP contribution in [0.1, 0.15) is 5.69 Å². The van der Waals surface area contributed by atoms with Gasteiger partial charge in [-0.25, -0.2) is 9.97 Å². The lowest BCUT2D eigenvalue weighted by atomic mass is 10.3. The summed E-state index contributed by atoms with van der Waals surface area (Å²) >= 11 is 0. The van der Waals surface area contributed by atoms with Gasteiger partial charge in [-0.05, 0) is 18.2 Å². The van der Waals surface area contributed by atoms with Gasteiger partial charge in [0.1, 0.15) is 11.4 Å². The largest absolute Gasteiger partial charge is 0.495 e. The van der Waals surface area contributed by atoms with Crippen molar-refractivity contribution in [2.75, 3.05) is 19.1 Å². The van der Waals surface area contributed by atoms with Gasteiger partial charge in [0.15, 0.2) is 5.84 Å². The fourth-order valence-electron chi connectivity index (χ4n) is 1.72. The summed E-state index contributed by atoms with van der Waals surface area (Å²) in [5, 5.41) is 11.6. The quantitative estimate of drug-likeness (QED) is 0.378. The zero-order valence-electron chi connectivity index (χ0n) is 11.2. The van der Waals surface area contributed by atoms with E-state index in [0.29, 0.717) is 17.4 Å². The van der Waals surface area contributed by atoms with E-state index >= 15 is 0 Å². The summed E-state index contributed by atoms with van der Waals surface area (Å²) in [4.78, 5) is 10.2. The van der Waals surface area contributed by atoms with Crippen LogP contribution in [0, 0.1) is 0 Å². The highest BCUT2D eigenvalue weighted by molar-refractivity contribution is 5.95. The number of aromatic nitrogens is 2. The highest BCUT2D eigenvalue weighted by Gasteiger charge is 2.13. The number of hydrogen-bond donors (Lipinski definition) is 2. The molecule has 0 aliphatic carbocycles. The third kappa shape index (κ3) is 2.61. The van der Waals surface area contributed by atoms with Crippen molar-refractivity contribution in [1.29, 1.82) is 0 Å². The van der Waals surface area contributed by atoms with Gasteiger partial charge in [0.25, 0.3) is 0 Å². The van der Waals surface area contributed by atoms with Crippen molar-refractivity contribution in [3.63, 3.8) is 0 Å². The Balaban J connectivity index is 2.41. The normalized spacial score (nSPS) is 11.2. The van der Waals surface area contributed by atoms with Gasteiger partial charge in [-0.3, -0.25) is 0 Å². The van der Waals surface area contributed by atoms with Gasteiger partial charge in [-0.2, -0.15) is 0 Å². The maximum Gasteiger partial charge on any atom is 0.230 e. The van der Waals surface area contributed by atoms with Crippen molar-refractivity contribution in [3.05, 3.63) is 42.2 Å². The minimum Gasteiger partial charge on any atom is -0.495 e. The smallest absolute Gasteiger partial charge is 0.230 e. The lowest BCUT2D eigenvalue weighted by molar-refractivity contribution is 0.318. The number of oxime groups is 1. The summed E-state index contributed by atoms with van der Waals surface area (Å²) in [7, 11) is 3.41. The van der Waals surface area contributed by atoms with E-state index in [1.54, 1.807) is 24.3 Å².